The van der Waals surface area contributed by atoms with Gasteiger partial charge in [-0.05, 0) is 54.3 Å². The van der Waals surface area contributed by atoms with E-state index in [0.717, 1.165) is 34.5 Å². The first-order valence-corrected chi connectivity index (χ1v) is 16.8. The molecule has 2 amide bonds. The smallest absolute Gasteiger partial charge is 0.243 e. The highest BCUT2D eigenvalue weighted by atomic mass is 35.5. The monoisotopic (exact) mass is 651 g/mol. The van der Waals surface area contributed by atoms with Crippen LogP contribution in [-0.4, -0.2) is 50.5 Å². The van der Waals surface area contributed by atoms with Crippen molar-refractivity contribution in [3.63, 3.8) is 0 Å². The maximum atomic E-state index is 13.9. The molecule has 0 radical (unpaired) electrons. The van der Waals surface area contributed by atoms with Crippen molar-refractivity contribution in [1.29, 1.82) is 0 Å². The number of hydrogen-bond donors (Lipinski definition) is 1. The van der Waals surface area contributed by atoms with Gasteiger partial charge in [0.05, 0.1) is 17.0 Å². The van der Waals surface area contributed by atoms with Gasteiger partial charge in [0.25, 0.3) is 0 Å². The molecule has 226 valence electrons. The molecule has 0 spiro atoms. The van der Waals surface area contributed by atoms with E-state index in [1.807, 2.05) is 49.4 Å². The first kappa shape index (κ1) is 33.7. The van der Waals surface area contributed by atoms with Crippen LogP contribution in [0.5, 0.6) is 0 Å². The Kier molecular flexibility index (Phi) is 13.0. The Hall–Kier alpha value is -2.78. The van der Waals surface area contributed by atoms with Gasteiger partial charge in [0.2, 0.25) is 21.8 Å². The van der Waals surface area contributed by atoms with Gasteiger partial charge in [-0.15, -0.1) is 0 Å². The minimum Gasteiger partial charge on any atom is -0.354 e. The van der Waals surface area contributed by atoms with Gasteiger partial charge in [0.1, 0.15) is 6.04 Å². The maximum absolute atomic E-state index is 13.9. The first-order chi connectivity index (χ1) is 20.0. The topological polar surface area (TPSA) is 86.8 Å². The van der Waals surface area contributed by atoms with E-state index < -0.39 is 16.1 Å². The second kappa shape index (κ2) is 16.2. The van der Waals surface area contributed by atoms with Crippen LogP contribution in [0.4, 0.5) is 5.69 Å². The quantitative estimate of drug-likeness (QED) is 0.184. The zero-order valence-corrected chi connectivity index (χ0v) is 26.8. The summed E-state index contributed by atoms with van der Waals surface area (Å²) in [7, 11) is -3.72. The molecule has 42 heavy (non-hydrogen) atoms. The molecule has 1 atom stereocenters. The highest BCUT2D eigenvalue weighted by Gasteiger charge is 2.30. The summed E-state index contributed by atoms with van der Waals surface area (Å²) >= 11 is 18.5. The fraction of sp³-hybridized carbons (Fsp3) is 0.355. The molecule has 0 fully saturated rings. The molecule has 0 aliphatic rings. The fourth-order valence-electron chi connectivity index (χ4n) is 4.51. The molecule has 7 nitrogen and oxygen atoms in total. The maximum Gasteiger partial charge on any atom is 0.243 e. The third-order valence-corrected chi connectivity index (χ3v) is 8.68. The molecule has 0 unspecified atom stereocenters. The lowest BCUT2D eigenvalue weighted by Crippen LogP contribution is -2.50. The minimum atomic E-state index is -3.72. The summed E-state index contributed by atoms with van der Waals surface area (Å²) < 4.78 is 26.5. The third-order valence-electron chi connectivity index (χ3n) is 6.70. The van der Waals surface area contributed by atoms with E-state index in [1.165, 1.54) is 12.1 Å². The number of carbonyl (C=O) groups is 2. The number of sulfonamides is 1. The van der Waals surface area contributed by atoms with Gasteiger partial charge in [-0.3, -0.25) is 13.9 Å². The van der Waals surface area contributed by atoms with Crippen molar-refractivity contribution in [2.75, 3.05) is 23.7 Å². The lowest BCUT2D eigenvalue weighted by molar-refractivity contribution is -0.141. The zero-order chi connectivity index (χ0) is 30.7. The lowest BCUT2D eigenvalue weighted by atomic mass is 10.0. The van der Waals surface area contributed by atoms with Crippen LogP contribution in [0.3, 0.4) is 0 Å². The summed E-state index contributed by atoms with van der Waals surface area (Å²) in [4.78, 5) is 29.0. The number of halogens is 3. The summed E-state index contributed by atoms with van der Waals surface area (Å²) in [5.41, 5.74) is 1.98. The molecule has 0 heterocycles. The van der Waals surface area contributed by atoms with E-state index in [9.17, 15) is 18.0 Å². The van der Waals surface area contributed by atoms with Crippen LogP contribution in [0.25, 0.3) is 0 Å². The number of nitrogens with one attached hydrogen (secondary N) is 1. The number of amides is 2. The van der Waals surface area contributed by atoms with E-state index in [-0.39, 0.29) is 48.5 Å². The van der Waals surface area contributed by atoms with Crippen molar-refractivity contribution in [1.82, 2.24) is 10.2 Å². The molecule has 0 aliphatic carbocycles. The second-order valence-electron chi connectivity index (χ2n) is 10.0. The molecule has 1 N–H and O–H groups in total. The number of benzene rings is 3. The summed E-state index contributed by atoms with van der Waals surface area (Å²) in [5, 5.41) is 4.13. The Morgan fingerprint density at radius 3 is 2.19 bits per heavy atom. The number of nitrogens with zero attached hydrogens (tertiary/aromatic N) is 2. The van der Waals surface area contributed by atoms with Gasteiger partial charge in [0, 0.05) is 42.5 Å². The van der Waals surface area contributed by atoms with Crippen molar-refractivity contribution in [3.8, 4) is 0 Å². The van der Waals surface area contributed by atoms with Crippen LogP contribution >= 0.6 is 34.8 Å². The van der Waals surface area contributed by atoms with E-state index in [2.05, 4.69) is 5.32 Å². The van der Waals surface area contributed by atoms with Crippen LogP contribution in [0.1, 0.15) is 43.7 Å². The number of rotatable bonds is 15. The van der Waals surface area contributed by atoms with E-state index in [4.69, 9.17) is 34.8 Å². The highest BCUT2D eigenvalue weighted by Crippen LogP contribution is 2.31. The molecule has 0 bridgehead atoms. The van der Waals surface area contributed by atoms with Crippen molar-refractivity contribution in [2.45, 2.75) is 51.6 Å². The van der Waals surface area contributed by atoms with Crippen LogP contribution in [-0.2, 0) is 32.6 Å². The van der Waals surface area contributed by atoms with Gasteiger partial charge < -0.3 is 10.2 Å². The molecule has 11 heteroatoms. The summed E-state index contributed by atoms with van der Waals surface area (Å²) in [6.45, 7) is 2.74. The zero-order valence-electron chi connectivity index (χ0n) is 23.7. The van der Waals surface area contributed by atoms with E-state index in [1.54, 1.807) is 23.1 Å². The van der Waals surface area contributed by atoms with Gasteiger partial charge in [-0.1, -0.05) is 90.6 Å². The molecular weight excluding hydrogens is 617 g/mol. The number of carbonyl (C=O) groups excluding carboxylic acids is 2. The fourth-order valence-corrected chi connectivity index (χ4v) is 6.04. The average molecular weight is 653 g/mol. The van der Waals surface area contributed by atoms with Gasteiger partial charge >= 0.3 is 0 Å². The molecule has 0 saturated heterocycles. The van der Waals surface area contributed by atoms with Crippen LogP contribution < -0.4 is 9.62 Å². The van der Waals surface area contributed by atoms with Crippen molar-refractivity contribution in [3.05, 3.63) is 99.0 Å². The van der Waals surface area contributed by atoms with Crippen LogP contribution in [0.15, 0.2) is 72.8 Å². The summed E-state index contributed by atoms with van der Waals surface area (Å²) in [6.07, 6.45) is 3.35. The Bertz CT molecular complexity index is 1440. The van der Waals surface area contributed by atoms with Gasteiger partial charge in [-0.25, -0.2) is 8.42 Å². The van der Waals surface area contributed by atoms with E-state index >= 15 is 0 Å². The molecular formula is C31H36Cl3N3O4S. The standard InChI is InChI=1S/C31H36Cl3N3O4S/c1-3-4-18-35-31(39)29(20-23-9-6-5-7-10-23)36(22-24-12-14-25(32)15-13-24)30(38)11-8-19-37(42(2,40)41)28-21-26(33)16-17-27(28)34/h5-7,9-10,12-17,21,29H,3-4,8,11,18-20,22H2,1-2H3,(H,35,39)/t29-/m0/s1. The summed E-state index contributed by atoms with van der Waals surface area (Å²) in [5.74, 6) is -0.514. The predicted molar refractivity (Wildman–Crippen MR) is 172 cm³/mol. The molecule has 0 aromatic heterocycles. The molecule has 3 rings (SSSR count). The van der Waals surface area contributed by atoms with Gasteiger partial charge in [0.15, 0.2) is 0 Å². The van der Waals surface area contributed by atoms with Crippen molar-refractivity contribution in [2.24, 2.45) is 0 Å². The predicted octanol–water partition coefficient (Wildman–Crippen LogP) is 6.75. The molecule has 0 aliphatic heterocycles. The Balaban J connectivity index is 1.88. The Morgan fingerprint density at radius 2 is 1.55 bits per heavy atom. The van der Waals surface area contributed by atoms with Gasteiger partial charge in [-0.2, -0.15) is 0 Å². The second-order valence-corrected chi connectivity index (χ2v) is 13.2. The third kappa shape index (κ3) is 10.2. The van der Waals surface area contributed by atoms with Crippen molar-refractivity contribution < 1.29 is 18.0 Å². The number of anilines is 1. The largest absolute Gasteiger partial charge is 0.354 e. The Morgan fingerprint density at radius 1 is 0.881 bits per heavy atom. The Labute approximate surface area is 263 Å². The van der Waals surface area contributed by atoms with Crippen molar-refractivity contribution >= 4 is 62.3 Å². The first-order valence-electron chi connectivity index (χ1n) is 13.8. The molecule has 3 aromatic carbocycles. The van der Waals surface area contributed by atoms with E-state index in [0.29, 0.717) is 23.0 Å². The van der Waals surface area contributed by atoms with Crippen LogP contribution in [0, 0.1) is 0 Å². The summed E-state index contributed by atoms with van der Waals surface area (Å²) in [6, 6.07) is 20.5. The number of hydrogen-bond acceptors (Lipinski definition) is 4. The molecule has 3 aromatic rings. The highest BCUT2D eigenvalue weighted by molar-refractivity contribution is 7.92. The normalized spacial score (nSPS) is 12.0. The lowest BCUT2D eigenvalue weighted by Gasteiger charge is -2.32. The van der Waals surface area contributed by atoms with Crippen LogP contribution in [0.2, 0.25) is 15.1 Å². The number of unbranched alkanes of at least 4 members (excludes halogenated alkanes) is 1. The minimum absolute atomic E-state index is 0.00528. The molecule has 0 saturated carbocycles. The SMILES string of the molecule is CCCCNC(=O)[C@H](Cc1ccccc1)N(Cc1ccc(Cl)cc1)C(=O)CCCN(c1cc(Cl)ccc1Cl)S(C)(=O)=O. The average Bonchev–Trinajstić information content (AvgIpc) is 2.95.